The molecule has 0 saturated heterocycles. The number of hydrogen-bond acceptors (Lipinski definition) is 7. The van der Waals surface area contributed by atoms with Gasteiger partial charge in [-0.15, -0.1) is 10.2 Å². The van der Waals surface area contributed by atoms with Gasteiger partial charge in [-0.1, -0.05) is 24.3 Å². The summed E-state index contributed by atoms with van der Waals surface area (Å²) in [6, 6.07) is 10.0. The van der Waals surface area contributed by atoms with E-state index in [9.17, 15) is 18.5 Å². The lowest BCUT2D eigenvalue weighted by molar-refractivity contribution is -0.112. The number of hydrogen-bond donors (Lipinski definition) is 1. The zero-order valence-corrected chi connectivity index (χ0v) is 20.1. The predicted molar refractivity (Wildman–Crippen MR) is 125 cm³/mol. The topological polar surface area (TPSA) is 118 Å². The first-order chi connectivity index (χ1) is 15.1. The van der Waals surface area contributed by atoms with E-state index in [1.54, 1.807) is 0 Å². The number of benzene rings is 1. The van der Waals surface area contributed by atoms with Gasteiger partial charge in [0.2, 0.25) is 19.3 Å². The minimum Gasteiger partial charge on any atom is -0.318 e. The van der Waals surface area contributed by atoms with Gasteiger partial charge in [-0.3, -0.25) is 10.1 Å². The highest BCUT2D eigenvalue weighted by Gasteiger charge is 2.20. The van der Waals surface area contributed by atoms with Crippen LogP contribution in [-0.4, -0.2) is 34.8 Å². The second-order valence-corrected chi connectivity index (χ2v) is 10.8. The number of nitrogens with zero attached hydrogens (tertiary/aromatic N) is 4. The Hall–Kier alpha value is -3.29. The van der Waals surface area contributed by atoms with Crippen LogP contribution in [0.2, 0.25) is 0 Å². The fourth-order valence-corrected chi connectivity index (χ4v) is 5.16. The van der Waals surface area contributed by atoms with E-state index in [0.29, 0.717) is 0 Å². The first-order valence-corrected chi connectivity index (χ1v) is 12.3. The molecule has 166 valence electrons. The maximum absolute atomic E-state index is 12.6. The number of aromatic nitrogens is 3. The molecule has 0 aliphatic rings. The SMILES string of the molecule is CCS(=O)(=O)c1nnc(NC(=O)C(C#N)=Cc2cc(C)n(-c3ccc(C)c(C)c3)c2C)s1. The van der Waals surface area contributed by atoms with Crippen LogP contribution in [0.4, 0.5) is 5.13 Å². The molecule has 0 spiro atoms. The number of anilines is 1. The van der Waals surface area contributed by atoms with Gasteiger partial charge in [0.15, 0.2) is 0 Å². The summed E-state index contributed by atoms with van der Waals surface area (Å²) in [4.78, 5) is 12.6. The summed E-state index contributed by atoms with van der Waals surface area (Å²) >= 11 is 0.753. The Morgan fingerprint density at radius 3 is 2.53 bits per heavy atom. The highest BCUT2D eigenvalue weighted by atomic mass is 32.2. The third-order valence-electron chi connectivity index (χ3n) is 5.16. The van der Waals surface area contributed by atoms with Gasteiger partial charge in [0.1, 0.15) is 11.6 Å². The van der Waals surface area contributed by atoms with E-state index in [1.165, 1.54) is 24.1 Å². The van der Waals surface area contributed by atoms with Crippen molar-refractivity contribution in [2.24, 2.45) is 0 Å². The lowest BCUT2D eigenvalue weighted by Crippen LogP contribution is -2.13. The number of carbonyl (C=O) groups excluding carboxylic acids is 1. The van der Waals surface area contributed by atoms with Crippen LogP contribution in [0.5, 0.6) is 0 Å². The molecule has 3 rings (SSSR count). The van der Waals surface area contributed by atoms with Crippen molar-refractivity contribution in [3.8, 4) is 11.8 Å². The second-order valence-electron chi connectivity index (χ2n) is 7.33. The van der Waals surface area contributed by atoms with Crippen molar-refractivity contribution in [3.05, 3.63) is 57.9 Å². The third-order valence-corrected chi connectivity index (χ3v) is 8.18. The van der Waals surface area contributed by atoms with Crippen LogP contribution >= 0.6 is 11.3 Å². The molecule has 0 aliphatic heterocycles. The Morgan fingerprint density at radius 1 is 1.19 bits per heavy atom. The van der Waals surface area contributed by atoms with Crippen molar-refractivity contribution < 1.29 is 13.2 Å². The molecule has 8 nitrogen and oxygen atoms in total. The second kappa shape index (κ2) is 9.06. The Labute approximate surface area is 191 Å². The van der Waals surface area contributed by atoms with Crippen LogP contribution < -0.4 is 5.32 Å². The Morgan fingerprint density at radius 2 is 1.91 bits per heavy atom. The van der Waals surface area contributed by atoms with Crippen LogP contribution in [0.25, 0.3) is 11.8 Å². The number of amides is 1. The summed E-state index contributed by atoms with van der Waals surface area (Å²) in [6.45, 7) is 9.49. The molecule has 0 aliphatic carbocycles. The number of sulfone groups is 1. The molecule has 0 radical (unpaired) electrons. The highest BCUT2D eigenvalue weighted by Crippen LogP contribution is 2.25. The van der Waals surface area contributed by atoms with Crippen LogP contribution in [0.15, 0.2) is 34.2 Å². The van der Waals surface area contributed by atoms with Gasteiger partial charge in [0, 0.05) is 17.1 Å². The van der Waals surface area contributed by atoms with Gasteiger partial charge in [-0.05, 0) is 68.7 Å². The van der Waals surface area contributed by atoms with Gasteiger partial charge in [-0.25, -0.2) is 8.42 Å². The summed E-state index contributed by atoms with van der Waals surface area (Å²) in [6.07, 6.45) is 1.51. The van der Waals surface area contributed by atoms with Crippen molar-refractivity contribution in [3.63, 3.8) is 0 Å². The minimum atomic E-state index is -3.52. The van der Waals surface area contributed by atoms with Crippen LogP contribution in [0.1, 0.15) is 35.0 Å². The van der Waals surface area contributed by atoms with Gasteiger partial charge < -0.3 is 4.57 Å². The van der Waals surface area contributed by atoms with Crippen LogP contribution in [-0.2, 0) is 14.6 Å². The lowest BCUT2D eigenvalue weighted by Gasteiger charge is -2.11. The largest absolute Gasteiger partial charge is 0.318 e. The molecule has 2 aromatic heterocycles. The van der Waals surface area contributed by atoms with E-state index in [0.717, 1.165) is 34.0 Å². The van der Waals surface area contributed by atoms with Crippen LogP contribution in [0, 0.1) is 39.0 Å². The average molecular weight is 470 g/mol. The number of rotatable bonds is 6. The zero-order chi connectivity index (χ0) is 23.6. The molecule has 2 heterocycles. The lowest BCUT2D eigenvalue weighted by atomic mass is 10.1. The maximum Gasteiger partial charge on any atom is 0.268 e. The van der Waals surface area contributed by atoms with E-state index in [2.05, 4.69) is 46.1 Å². The molecule has 10 heteroatoms. The van der Waals surface area contributed by atoms with E-state index >= 15 is 0 Å². The van der Waals surface area contributed by atoms with E-state index in [-0.39, 0.29) is 20.8 Å². The van der Waals surface area contributed by atoms with Crippen molar-refractivity contribution >= 4 is 38.3 Å². The molecule has 0 unspecified atom stereocenters. The Balaban J connectivity index is 1.90. The molecular formula is C22H23N5O3S2. The van der Waals surface area contributed by atoms with E-state index in [1.807, 2.05) is 32.0 Å². The van der Waals surface area contributed by atoms with Gasteiger partial charge >= 0.3 is 0 Å². The fraction of sp³-hybridized carbons (Fsp3) is 0.273. The molecule has 0 bridgehead atoms. The quantitative estimate of drug-likeness (QED) is 0.332. The first kappa shape index (κ1) is 23.4. The summed E-state index contributed by atoms with van der Waals surface area (Å²) in [5.74, 6) is -0.797. The molecule has 0 atom stereocenters. The maximum atomic E-state index is 12.6. The average Bonchev–Trinajstić information content (AvgIpc) is 3.33. The standard InChI is InChI=1S/C22H23N5O3S2/c1-6-32(29,30)22-26-25-21(31-22)24-20(28)18(12-23)11-17-10-15(4)27(16(17)5)19-8-7-13(2)14(3)9-19/h7-11H,6H2,1-5H3,(H,24,25,28). The van der Waals surface area contributed by atoms with E-state index in [4.69, 9.17) is 0 Å². The molecule has 1 amide bonds. The van der Waals surface area contributed by atoms with Crippen molar-refractivity contribution in [1.82, 2.24) is 14.8 Å². The normalized spacial score (nSPS) is 11.9. The predicted octanol–water partition coefficient (Wildman–Crippen LogP) is 3.90. The Kier molecular flexibility index (Phi) is 6.62. The molecule has 3 aromatic rings. The monoisotopic (exact) mass is 469 g/mol. The Bertz CT molecular complexity index is 1370. The number of nitrogens with one attached hydrogen (secondary N) is 1. The number of aryl methyl sites for hydroxylation is 3. The molecule has 0 saturated carbocycles. The highest BCUT2D eigenvalue weighted by molar-refractivity contribution is 7.93. The van der Waals surface area contributed by atoms with Crippen molar-refractivity contribution in [2.45, 2.75) is 39.0 Å². The molecule has 32 heavy (non-hydrogen) atoms. The number of carbonyl (C=O) groups is 1. The summed E-state index contributed by atoms with van der Waals surface area (Å²) in [5, 5.41) is 19.3. The number of nitriles is 1. The molecule has 1 aromatic carbocycles. The van der Waals surface area contributed by atoms with Gasteiger partial charge in [0.05, 0.1) is 5.75 Å². The van der Waals surface area contributed by atoms with Crippen molar-refractivity contribution in [1.29, 1.82) is 5.26 Å². The zero-order valence-electron chi connectivity index (χ0n) is 18.4. The summed E-state index contributed by atoms with van der Waals surface area (Å²) < 4.78 is 25.7. The van der Waals surface area contributed by atoms with E-state index < -0.39 is 15.7 Å². The molecule has 0 fully saturated rings. The summed E-state index contributed by atoms with van der Waals surface area (Å²) in [7, 11) is -3.52. The molecular weight excluding hydrogens is 446 g/mol. The smallest absolute Gasteiger partial charge is 0.268 e. The third kappa shape index (κ3) is 4.64. The minimum absolute atomic E-state index is 0.0174. The van der Waals surface area contributed by atoms with Crippen molar-refractivity contribution in [2.75, 3.05) is 11.1 Å². The van der Waals surface area contributed by atoms with Crippen LogP contribution in [0.3, 0.4) is 0 Å². The molecule has 1 N–H and O–H groups in total. The first-order valence-electron chi connectivity index (χ1n) is 9.83. The van der Waals surface area contributed by atoms with Gasteiger partial charge in [-0.2, -0.15) is 5.26 Å². The summed E-state index contributed by atoms with van der Waals surface area (Å²) in [5.41, 5.74) is 5.84. The fourth-order valence-electron chi connectivity index (χ4n) is 3.17. The van der Waals surface area contributed by atoms with Gasteiger partial charge in [0.25, 0.3) is 5.91 Å².